The minimum atomic E-state index is -0.211. The summed E-state index contributed by atoms with van der Waals surface area (Å²) in [5.41, 5.74) is 8.09. The number of hydrogen-bond donors (Lipinski definition) is 2. The van der Waals surface area contributed by atoms with Crippen LogP contribution in [0.4, 0.5) is 5.69 Å². The Morgan fingerprint density at radius 3 is 2.89 bits per heavy atom. The molecular formula is C14H14ClN3O. The summed E-state index contributed by atoms with van der Waals surface area (Å²) in [6.07, 6.45) is 1.53. The highest BCUT2D eigenvalue weighted by atomic mass is 35.5. The van der Waals surface area contributed by atoms with E-state index in [-0.39, 0.29) is 5.91 Å². The number of nitrogens with zero attached hydrogens (tertiary/aromatic N) is 1. The molecule has 1 aromatic carbocycles. The maximum atomic E-state index is 12.1. The van der Waals surface area contributed by atoms with Crippen LogP contribution in [-0.4, -0.2) is 10.9 Å². The number of rotatable bonds is 3. The zero-order valence-electron chi connectivity index (χ0n) is 10.5. The van der Waals surface area contributed by atoms with E-state index in [0.29, 0.717) is 28.5 Å². The monoisotopic (exact) mass is 275 g/mol. The fourth-order valence-corrected chi connectivity index (χ4v) is 1.89. The molecule has 0 spiro atoms. The lowest BCUT2D eigenvalue weighted by Gasteiger charge is -2.09. The molecule has 0 fully saturated rings. The van der Waals surface area contributed by atoms with Gasteiger partial charge in [0.15, 0.2) is 0 Å². The number of aryl methyl sites for hydroxylation is 1. The molecule has 1 amide bonds. The number of nitrogens with two attached hydrogens (primary N) is 1. The summed E-state index contributed by atoms with van der Waals surface area (Å²) in [4.78, 5) is 16.1. The smallest absolute Gasteiger partial charge is 0.253 e. The van der Waals surface area contributed by atoms with Crippen molar-refractivity contribution in [3.8, 4) is 0 Å². The van der Waals surface area contributed by atoms with Gasteiger partial charge in [-0.1, -0.05) is 29.8 Å². The van der Waals surface area contributed by atoms with Crippen molar-refractivity contribution < 1.29 is 4.79 Å². The van der Waals surface area contributed by atoms with Crippen molar-refractivity contribution >= 4 is 23.2 Å². The minimum Gasteiger partial charge on any atom is -0.397 e. The molecule has 0 atom stereocenters. The fourth-order valence-electron chi connectivity index (χ4n) is 1.69. The van der Waals surface area contributed by atoms with Gasteiger partial charge >= 0.3 is 0 Å². The summed E-state index contributed by atoms with van der Waals surface area (Å²) in [5, 5.41) is 3.44. The van der Waals surface area contributed by atoms with Gasteiger partial charge in [-0.25, -0.2) is 0 Å². The number of amides is 1. The van der Waals surface area contributed by atoms with Crippen LogP contribution >= 0.6 is 11.6 Å². The third kappa shape index (κ3) is 3.23. The Morgan fingerprint density at radius 2 is 2.16 bits per heavy atom. The van der Waals surface area contributed by atoms with E-state index >= 15 is 0 Å². The molecule has 19 heavy (non-hydrogen) atoms. The molecule has 2 rings (SSSR count). The standard InChI is InChI=1S/C14H14ClN3O/c1-9-12(6-11(16)8-17-9)14(19)18-7-10-4-2-3-5-13(10)15/h2-6,8H,7,16H2,1H3,(H,18,19). The van der Waals surface area contributed by atoms with E-state index in [2.05, 4.69) is 10.3 Å². The van der Waals surface area contributed by atoms with Gasteiger partial charge in [-0.3, -0.25) is 9.78 Å². The lowest BCUT2D eigenvalue weighted by Crippen LogP contribution is -2.24. The van der Waals surface area contributed by atoms with Crippen LogP contribution in [0.5, 0.6) is 0 Å². The zero-order chi connectivity index (χ0) is 13.8. The number of hydrogen-bond acceptors (Lipinski definition) is 3. The van der Waals surface area contributed by atoms with E-state index < -0.39 is 0 Å². The maximum absolute atomic E-state index is 12.1. The fraction of sp³-hybridized carbons (Fsp3) is 0.143. The average Bonchev–Trinajstić information content (AvgIpc) is 2.40. The molecule has 0 aliphatic carbocycles. The van der Waals surface area contributed by atoms with Crippen molar-refractivity contribution in [1.29, 1.82) is 0 Å². The van der Waals surface area contributed by atoms with Gasteiger partial charge in [-0.15, -0.1) is 0 Å². The van der Waals surface area contributed by atoms with Crippen LogP contribution in [0.1, 0.15) is 21.6 Å². The molecule has 98 valence electrons. The molecule has 1 heterocycles. The molecule has 3 N–H and O–H groups in total. The lowest BCUT2D eigenvalue weighted by molar-refractivity contribution is 0.0950. The predicted octanol–water partition coefficient (Wildman–Crippen LogP) is 2.56. The lowest BCUT2D eigenvalue weighted by atomic mass is 10.1. The molecule has 2 aromatic rings. The second-order valence-corrected chi connectivity index (χ2v) is 4.58. The van der Waals surface area contributed by atoms with Crippen LogP contribution in [0.3, 0.4) is 0 Å². The largest absolute Gasteiger partial charge is 0.397 e. The second-order valence-electron chi connectivity index (χ2n) is 4.18. The van der Waals surface area contributed by atoms with Crippen molar-refractivity contribution in [2.45, 2.75) is 13.5 Å². The number of carbonyl (C=O) groups is 1. The first kappa shape index (κ1) is 13.4. The molecule has 0 saturated carbocycles. The van der Waals surface area contributed by atoms with E-state index in [1.54, 1.807) is 19.1 Å². The quantitative estimate of drug-likeness (QED) is 0.904. The first-order valence-electron chi connectivity index (χ1n) is 5.81. The maximum Gasteiger partial charge on any atom is 0.253 e. The topological polar surface area (TPSA) is 68.0 Å². The summed E-state index contributed by atoms with van der Waals surface area (Å²) in [6.45, 7) is 2.14. The summed E-state index contributed by atoms with van der Waals surface area (Å²) in [6, 6.07) is 8.99. The molecule has 0 bridgehead atoms. The van der Waals surface area contributed by atoms with E-state index in [4.69, 9.17) is 17.3 Å². The Kier molecular flexibility index (Phi) is 4.02. The average molecular weight is 276 g/mol. The Bertz CT molecular complexity index is 613. The van der Waals surface area contributed by atoms with Crippen LogP contribution < -0.4 is 11.1 Å². The number of benzene rings is 1. The number of pyridine rings is 1. The van der Waals surface area contributed by atoms with Gasteiger partial charge in [0.05, 0.1) is 23.1 Å². The summed E-state index contributed by atoms with van der Waals surface area (Å²) in [5.74, 6) is -0.211. The van der Waals surface area contributed by atoms with Crippen LogP contribution in [0.15, 0.2) is 36.5 Å². The SMILES string of the molecule is Cc1ncc(N)cc1C(=O)NCc1ccccc1Cl. The zero-order valence-corrected chi connectivity index (χ0v) is 11.2. The third-order valence-corrected chi connectivity index (χ3v) is 3.12. The van der Waals surface area contributed by atoms with Gasteiger partial charge in [0.1, 0.15) is 0 Å². The first-order valence-corrected chi connectivity index (χ1v) is 6.19. The third-order valence-electron chi connectivity index (χ3n) is 2.75. The van der Waals surface area contributed by atoms with Crippen molar-refractivity contribution in [2.75, 3.05) is 5.73 Å². The summed E-state index contributed by atoms with van der Waals surface area (Å²) in [7, 11) is 0. The van der Waals surface area contributed by atoms with Gasteiger partial charge in [0.25, 0.3) is 5.91 Å². The molecule has 1 aromatic heterocycles. The number of carbonyl (C=O) groups excluding carboxylic acids is 1. The Morgan fingerprint density at radius 1 is 1.42 bits per heavy atom. The molecule has 0 aliphatic heterocycles. The molecular weight excluding hydrogens is 262 g/mol. The predicted molar refractivity (Wildman–Crippen MR) is 76.0 cm³/mol. The molecule has 4 nitrogen and oxygen atoms in total. The van der Waals surface area contributed by atoms with Gasteiger partial charge in [-0.05, 0) is 24.6 Å². The first-order chi connectivity index (χ1) is 9.08. The number of nitrogen functional groups attached to an aromatic ring is 1. The van der Waals surface area contributed by atoms with E-state index in [0.717, 1.165) is 5.56 Å². The highest BCUT2D eigenvalue weighted by molar-refractivity contribution is 6.31. The van der Waals surface area contributed by atoms with Gasteiger partial charge in [0.2, 0.25) is 0 Å². The second kappa shape index (κ2) is 5.71. The van der Waals surface area contributed by atoms with Crippen molar-refractivity contribution in [3.63, 3.8) is 0 Å². The molecule has 0 aliphatic rings. The van der Waals surface area contributed by atoms with Gasteiger partial charge in [0, 0.05) is 11.6 Å². The van der Waals surface area contributed by atoms with E-state index in [9.17, 15) is 4.79 Å². The highest BCUT2D eigenvalue weighted by Crippen LogP contribution is 2.15. The number of aromatic nitrogens is 1. The molecule has 5 heteroatoms. The Balaban J connectivity index is 2.10. The van der Waals surface area contributed by atoms with Crippen molar-refractivity contribution in [3.05, 3.63) is 58.4 Å². The van der Waals surface area contributed by atoms with Crippen LogP contribution in [0.2, 0.25) is 5.02 Å². The number of anilines is 1. The molecule has 0 saturated heterocycles. The van der Waals surface area contributed by atoms with Crippen LogP contribution in [0.25, 0.3) is 0 Å². The summed E-state index contributed by atoms with van der Waals surface area (Å²) < 4.78 is 0. The number of halogens is 1. The van der Waals surface area contributed by atoms with Crippen LogP contribution in [-0.2, 0) is 6.54 Å². The Labute approximate surface area is 116 Å². The van der Waals surface area contributed by atoms with Gasteiger partial charge < -0.3 is 11.1 Å². The molecule has 0 radical (unpaired) electrons. The minimum absolute atomic E-state index is 0.211. The number of nitrogens with one attached hydrogen (secondary N) is 1. The van der Waals surface area contributed by atoms with Gasteiger partial charge in [-0.2, -0.15) is 0 Å². The normalized spacial score (nSPS) is 10.2. The van der Waals surface area contributed by atoms with E-state index in [1.165, 1.54) is 6.20 Å². The molecule has 0 unspecified atom stereocenters. The van der Waals surface area contributed by atoms with Crippen molar-refractivity contribution in [1.82, 2.24) is 10.3 Å². The van der Waals surface area contributed by atoms with Crippen molar-refractivity contribution in [2.24, 2.45) is 0 Å². The Hall–Kier alpha value is -2.07. The van der Waals surface area contributed by atoms with E-state index in [1.807, 2.05) is 18.2 Å². The summed E-state index contributed by atoms with van der Waals surface area (Å²) >= 11 is 6.03. The highest BCUT2D eigenvalue weighted by Gasteiger charge is 2.10. The van der Waals surface area contributed by atoms with Crippen LogP contribution in [0, 0.1) is 6.92 Å².